The van der Waals surface area contributed by atoms with E-state index in [-0.39, 0.29) is 5.69 Å². The van der Waals surface area contributed by atoms with E-state index in [2.05, 4.69) is 5.10 Å². The van der Waals surface area contributed by atoms with Gasteiger partial charge in [-0.3, -0.25) is 9.58 Å². The normalized spacial score (nSPS) is 10.3. The molecule has 0 fully saturated rings. The van der Waals surface area contributed by atoms with Crippen molar-refractivity contribution in [2.75, 3.05) is 11.9 Å². The van der Waals surface area contributed by atoms with Crippen LogP contribution in [0.4, 0.5) is 10.5 Å². The lowest BCUT2D eigenvalue weighted by Gasteiger charge is -2.14. The van der Waals surface area contributed by atoms with Crippen LogP contribution in [-0.2, 0) is 7.05 Å². The van der Waals surface area contributed by atoms with E-state index in [1.165, 1.54) is 15.6 Å². The molecule has 104 valence electrons. The first-order chi connectivity index (χ1) is 9.40. The van der Waals surface area contributed by atoms with E-state index in [4.69, 9.17) is 10.8 Å². The van der Waals surface area contributed by atoms with Gasteiger partial charge in [0.05, 0.1) is 5.69 Å². The van der Waals surface area contributed by atoms with Gasteiger partial charge >= 0.3 is 12.0 Å². The number of amides is 2. The third-order valence-corrected chi connectivity index (χ3v) is 2.98. The average molecular weight is 274 g/mol. The molecule has 7 heteroatoms. The molecule has 1 heterocycles. The maximum Gasteiger partial charge on any atom is 0.356 e. The first kappa shape index (κ1) is 13.6. The molecule has 0 radical (unpaired) electrons. The van der Waals surface area contributed by atoms with Gasteiger partial charge in [0.1, 0.15) is 0 Å². The molecule has 7 nitrogen and oxygen atoms in total. The molecule has 0 unspecified atom stereocenters. The Balaban J connectivity index is 2.35. The number of benzene rings is 1. The molecule has 2 rings (SSSR count). The lowest BCUT2D eigenvalue weighted by Crippen LogP contribution is -2.31. The zero-order valence-corrected chi connectivity index (χ0v) is 11.1. The monoisotopic (exact) mass is 274 g/mol. The van der Waals surface area contributed by atoms with E-state index in [1.54, 1.807) is 38.4 Å². The summed E-state index contributed by atoms with van der Waals surface area (Å²) in [6.45, 7) is 0. The molecule has 2 aromatic rings. The summed E-state index contributed by atoms with van der Waals surface area (Å²) in [6, 6.07) is 7.96. The molecule has 1 aromatic heterocycles. The number of hydrogen-bond acceptors (Lipinski definition) is 3. The van der Waals surface area contributed by atoms with Gasteiger partial charge in [-0.05, 0) is 23.8 Å². The molecule has 0 atom stereocenters. The Hall–Kier alpha value is -2.83. The molecule has 0 saturated heterocycles. The number of primary amides is 1. The molecule has 0 aliphatic carbocycles. The molecule has 20 heavy (non-hydrogen) atoms. The van der Waals surface area contributed by atoms with Gasteiger partial charge in [-0.2, -0.15) is 5.10 Å². The molecule has 3 N–H and O–H groups in total. The number of carboxylic acid groups (broad SMARTS) is 1. The predicted molar refractivity (Wildman–Crippen MR) is 73.6 cm³/mol. The Morgan fingerprint density at radius 2 is 1.90 bits per heavy atom. The van der Waals surface area contributed by atoms with E-state index in [1.807, 2.05) is 0 Å². The first-order valence-electron chi connectivity index (χ1n) is 5.81. The van der Waals surface area contributed by atoms with Gasteiger partial charge in [-0.1, -0.05) is 12.1 Å². The summed E-state index contributed by atoms with van der Waals surface area (Å²) < 4.78 is 1.50. The van der Waals surface area contributed by atoms with Crippen LogP contribution in [0.2, 0.25) is 0 Å². The van der Waals surface area contributed by atoms with Gasteiger partial charge < -0.3 is 10.8 Å². The van der Waals surface area contributed by atoms with Crippen LogP contribution in [0.5, 0.6) is 0 Å². The fourth-order valence-corrected chi connectivity index (χ4v) is 1.82. The number of aryl methyl sites for hydroxylation is 1. The topological polar surface area (TPSA) is 101 Å². The maximum atomic E-state index is 11.1. The van der Waals surface area contributed by atoms with Gasteiger partial charge in [0.2, 0.25) is 0 Å². The Labute approximate surface area is 115 Å². The number of hydrogen-bond donors (Lipinski definition) is 2. The third kappa shape index (κ3) is 2.46. The molecule has 0 bridgehead atoms. The summed E-state index contributed by atoms with van der Waals surface area (Å²) in [5.74, 6) is -1.07. The summed E-state index contributed by atoms with van der Waals surface area (Å²) in [4.78, 5) is 23.3. The fourth-order valence-electron chi connectivity index (χ4n) is 1.82. The van der Waals surface area contributed by atoms with Gasteiger partial charge in [0.25, 0.3) is 0 Å². The van der Waals surface area contributed by atoms with E-state index in [0.717, 1.165) is 5.56 Å². The molecule has 0 saturated carbocycles. The standard InChI is InChI=1S/C13H14N4O3/c1-16(13(14)20)9-5-3-8(4-6-9)11-7-10(12(18)19)15-17(11)2/h3-7H,1-2H3,(H2,14,20)(H,18,19). The highest BCUT2D eigenvalue weighted by molar-refractivity contribution is 5.90. The number of rotatable bonds is 3. The number of nitrogens with zero attached hydrogens (tertiary/aromatic N) is 3. The van der Waals surface area contributed by atoms with Crippen LogP contribution in [-0.4, -0.2) is 33.9 Å². The summed E-state index contributed by atoms with van der Waals surface area (Å²) in [5, 5.41) is 12.8. The summed E-state index contributed by atoms with van der Waals surface area (Å²) in [5.41, 5.74) is 7.30. The van der Waals surface area contributed by atoms with Crippen LogP contribution >= 0.6 is 0 Å². The lowest BCUT2D eigenvalue weighted by molar-refractivity contribution is 0.0689. The minimum Gasteiger partial charge on any atom is -0.476 e. The fraction of sp³-hybridized carbons (Fsp3) is 0.154. The molecular weight excluding hydrogens is 260 g/mol. The van der Waals surface area contributed by atoms with E-state index >= 15 is 0 Å². The van der Waals surface area contributed by atoms with Crippen molar-refractivity contribution in [3.8, 4) is 11.3 Å². The number of carbonyl (C=O) groups excluding carboxylic acids is 1. The molecule has 1 aromatic carbocycles. The highest BCUT2D eigenvalue weighted by atomic mass is 16.4. The van der Waals surface area contributed by atoms with Crippen molar-refractivity contribution in [1.82, 2.24) is 9.78 Å². The second kappa shape index (κ2) is 5.04. The summed E-state index contributed by atoms with van der Waals surface area (Å²) >= 11 is 0. The molecular formula is C13H14N4O3. The molecule has 0 aliphatic rings. The van der Waals surface area contributed by atoms with Crippen LogP contribution in [0.25, 0.3) is 11.3 Å². The number of carbonyl (C=O) groups is 2. The highest BCUT2D eigenvalue weighted by Crippen LogP contribution is 2.23. The van der Waals surface area contributed by atoms with E-state index in [0.29, 0.717) is 11.4 Å². The minimum atomic E-state index is -1.07. The zero-order chi connectivity index (χ0) is 14.9. The molecule has 0 aliphatic heterocycles. The third-order valence-electron chi connectivity index (χ3n) is 2.98. The van der Waals surface area contributed by atoms with Crippen molar-refractivity contribution < 1.29 is 14.7 Å². The molecule has 0 spiro atoms. The minimum absolute atomic E-state index is 0.0131. The zero-order valence-electron chi connectivity index (χ0n) is 11.1. The van der Waals surface area contributed by atoms with Crippen LogP contribution in [0, 0.1) is 0 Å². The molecule has 2 amide bonds. The Kier molecular flexibility index (Phi) is 3.43. The largest absolute Gasteiger partial charge is 0.476 e. The van der Waals surface area contributed by atoms with Crippen LogP contribution in [0.3, 0.4) is 0 Å². The van der Waals surface area contributed by atoms with Crippen LogP contribution in [0.15, 0.2) is 30.3 Å². The highest BCUT2D eigenvalue weighted by Gasteiger charge is 2.13. The van der Waals surface area contributed by atoms with Crippen LogP contribution < -0.4 is 10.6 Å². The van der Waals surface area contributed by atoms with Gasteiger partial charge in [0, 0.05) is 19.8 Å². The SMILES string of the molecule is CN(C(N)=O)c1ccc(-c2cc(C(=O)O)nn2C)cc1. The quantitative estimate of drug-likeness (QED) is 0.880. The van der Waals surface area contributed by atoms with Crippen molar-refractivity contribution in [2.45, 2.75) is 0 Å². The number of anilines is 1. The number of aromatic carboxylic acids is 1. The summed E-state index contributed by atoms with van der Waals surface area (Å²) in [7, 11) is 3.25. The number of nitrogens with two attached hydrogens (primary N) is 1. The maximum absolute atomic E-state index is 11.1. The average Bonchev–Trinajstić information content (AvgIpc) is 2.80. The van der Waals surface area contributed by atoms with Gasteiger partial charge in [-0.25, -0.2) is 9.59 Å². The van der Waals surface area contributed by atoms with E-state index < -0.39 is 12.0 Å². The lowest BCUT2D eigenvalue weighted by atomic mass is 10.1. The van der Waals surface area contributed by atoms with E-state index in [9.17, 15) is 9.59 Å². The van der Waals surface area contributed by atoms with Crippen molar-refractivity contribution in [3.05, 3.63) is 36.0 Å². The second-order valence-electron chi connectivity index (χ2n) is 4.29. The Morgan fingerprint density at radius 3 is 2.35 bits per heavy atom. The number of aromatic nitrogens is 2. The Morgan fingerprint density at radius 1 is 1.30 bits per heavy atom. The first-order valence-corrected chi connectivity index (χ1v) is 5.81. The van der Waals surface area contributed by atoms with Crippen molar-refractivity contribution in [2.24, 2.45) is 12.8 Å². The van der Waals surface area contributed by atoms with Gasteiger partial charge in [-0.15, -0.1) is 0 Å². The van der Waals surface area contributed by atoms with Crippen molar-refractivity contribution in [3.63, 3.8) is 0 Å². The Bertz CT molecular complexity index is 661. The predicted octanol–water partition coefficient (Wildman–Crippen LogP) is 1.30. The van der Waals surface area contributed by atoms with Gasteiger partial charge in [0.15, 0.2) is 5.69 Å². The number of carboxylic acids is 1. The van der Waals surface area contributed by atoms with Crippen LogP contribution in [0.1, 0.15) is 10.5 Å². The summed E-state index contributed by atoms with van der Waals surface area (Å²) in [6.07, 6.45) is 0. The van der Waals surface area contributed by atoms with Crippen molar-refractivity contribution in [1.29, 1.82) is 0 Å². The smallest absolute Gasteiger partial charge is 0.356 e. The second-order valence-corrected chi connectivity index (χ2v) is 4.29. The van der Waals surface area contributed by atoms with Crippen molar-refractivity contribution >= 4 is 17.7 Å². The number of urea groups is 1.